The van der Waals surface area contributed by atoms with Gasteiger partial charge in [-0.05, 0) is 19.3 Å². The van der Waals surface area contributed by atoms with E-state index in [1.54, 1.807) is 12.4 Å². The molecule has 2 rings (SSSR count). The van der Waals surface area contributed by atoms with Crippen LogP contribution in [-0.2, 0) is 16.0 Å². The molecule has 0 spiro atoms. The summed E-state index contributed by atoms with van der Waals surface area (Å²) < 4.78 is 5.29. The molecule has 1 aromatic rings. The number of aromatic nitrogens is 2. The number of aromatic amines is 1. The van der Waals surface area contributed by atoms with Gasteiger partial charge in [-0.15, -0.1) is 0 Å². The van der Waals surface area contributed by atoms with Gasteiger partial charge in [0.25, 0.3) is 0 Å². The minimum Gasteiger partial charge on any atom is -0.368 e. The highest BCUT2D eigenvalue weighted by Crippen LogP contribution is 2.11. The molecule has 5 nitrogen and oxygen atoms in total. The van der Waals surface area contributed by atoms with Crippen molar-refractivity contribution in [2.45, 2.75) is 31.8 Å². The van der Waals surface area contributed by atoms with Gasteiger partial charge < -0.3 is 15.0 Å². The number of nitrogens with zero attached hydrogens (tertiary/aromatic N) is 1. The number of rotatable bonds is 5. The summed E-state index contributed by atoms with van der Waals surface area (Å²) in [5.74, 6) is 0.989. The summed E-state index contributed by atoms with van der Waals surface area (Å²) in [5, 5.41) is 2.88. The van der Waals surface area contributed by atoms with E-state index in [1.165, 1.54) is 0 Å². The first-order valence-corrected chi connectivity index (χ1v) is 5.74. The highest BCUT2D eigenvalue weighted by atomic mass is 16.5. The number of carbonyl (C=O) groups excluding carboxylic acids is 1. The van der Waals surface area contributed by atoms with Crippen LogP contribution in [0.2, 0.25) is 0 Å². The van der Waals surface area contributed by atoms with Crippen molar-refractivity contribution in [3.05, 3.63) is 18.2 Å². The molecule has 5 heteroatoms. The normalized spacial score (nSPS) is 19.9. The van der Waals surface area contributed by atoms with Gasteiger partial charge in [0.05, 0.1) is 0 Å². The Morgan fingerprint density at radius 1 is 1.69 bits per heavy atom. The topological polar surface area (TPSA) is 67.0 Å². The molecule has 1 aliphatic heterocycles. The van der Waals surface area contributed by atoms with Gasteiger partial charge in [0, 0.05) is 32.0 Å². The van der Waals surface area contributed by atoms with Crippen LogP contribution in [0, 0.1) is 0 Å². The molecule has 0 bridgehead atoms. The first kappa shape index (κ1) is 11.1. The van der Waals surface area contributed by atoms with Crippen LogP contribution < -0.4 is 5.32 Å². The van der Waals surface area contributed by atoms with Crippen LogP contribution in [0.15, 0.2) is 12.4 Å². The number of imidazole rings is 1. The number of H-pyrrole nitrogens is 1. The van der Waals surface area contributed by atoms with Crippen LogP contribution in [0.1, 0.15) is 25.1 Å². The highest BCUT2D eigenvalue weighted by Gasteiger charge is 2.22. The van der Waals surface area contributed by atoms with Crippen LogP contribution in [0.5, 0.6) is 0 Å². The van der Waals surface area contributed by atoms with E-state index in [0.717, 1.165) is 31.5 Å². The van der Waals surface area contributed by atoms with E-state index in [1.807, 2.05) is 0 Å². The first-order chi connectivity index (χ1) is 7.86. The Labute approximate surface area is 94.6 Å². The Morgan fingerprint density at radius 3 is 3.31 bits per heavy atom. The van der Waals surface area contributed by atoms with Crippen molar-refractivity contribution in [3.63, 3.8) is 0 Å². The number of hydrogen-bond acceptors (Lipinski definition) is 3. The second-order valence-electron chi connectivity index (χ2n) is 3.93. The highest BCUT2D eigenvalue weighted by molar-refractivity contribution is 5.80. The van der Waals surface area contributed by atoms with Gasteiger partial charge in [0.15, 0.2) is 0 Å². The molecule has 0 radical (unpaired) electrons. The summed E-state index contributed by atoms with van der Waals surface area (Å²) in [6, 6.07) is 0. The zero-order valence-corrected chi connectivity index (χ0v) is 9.24. The summed E-state index contributed by atoms with van der Waals surface area (Å²) in [7, 11) is 0. The molecule has 1 saturated heterocycles. The molecular formula is C11H17N3O2. The lowest BCUT2D eigenvalue weighted by molar-refractivity contribution is -0.130. The molecule has 0 aromatic carbocycles. The van der Waals surface area contributed by atoms with Crippen molar-refractivity contribution >= 4 is 5.91 Å². The number of carbonyl (C=O) groups is 1. The van der Waals surface area contributed by atoms with E-state index in [9.17, 15) is 4.79 Å². The molecule has 1 aliphatic rings. The van der Waals surface area contributed by atoms with E-state index < -0.39 is 0 Å². The standard InChI is InChI=1S/C11H17N3O2/c15-11(9-3-2-8-16-9)14-5-1-4-10-12-6-7-13-10/h6-7,9H,1-5,8H2,(H,12,13)(H,14,15). The van der Waals surface area contributed by atoms with E-state index >= 15 is 0 Å². The number of hydrogen-bond donors (Lipinski definition) is 2. The largest absolute Gasteiger partial charge is 0.368 e. The lowest BCUT2D eigenvalue weighted by Crippen LogP contribution is -2.34. The zero-order chi connectivity index (χ0) is 11.2. The molecule has 2 heterocycles. The molecule has 1 amide bonds. The van der Waals surface area contributed by atoms with E-state index in [4.69, 9.17) is 4.74 Å². The van der Waals surface area contributed by atoms with Crippen molar-refractivity contribution in [3.8, 4) is 0 Å². The number of ether oxygens (including phenoxy) is 1. The Hall–Kier alpha value is -1.36. The van der Waals surface area contributed by atoms with Crippen LogP contribution in [0.25, 0.3) is 0 Å². The predicted molar refractivity (Wildman–Crippen MR) is 58.9 cm³/mol. The fraction of sp³-hybridized carbons (Fsp3) is 0.636. The lowest BCUT2D eigenvalue weighted by atomic mass is 10.2. The number of nitrogens with one attached hydrogen (secondary N) is 2. The third-order valence-electron chi connectivity index (χ3n) is 2.67. The van der Waals surface area contributed by atoms with Gasteiger partial charge in [-0.25, -0.2) is 4.98 Å². The van der Waals surface area contributed by atoms with Crippen molar-refractivity contribution in [1.82, 2.24) is 15.3 Å². The number of aryl methyl sites for hydroxylation is 1. The quantitative estimate of drug-likeness (QED) is 0.720. The molecule has 1 fully saturated rings. The molecule has 0 aliphatic carbocycles. The second-order valence-corrected chi connectivity index (χ2v) is 3.93. The van der Waals surface area contributed by atoms with Crippen molar-refractivity contribution < 1.29 is 9.53 Å². The average Bonchev–Trinajstić information content (AvgIpc) is 2.96. The molecule has 1 atom stereocenters. The fourth-order valence-corrected chi connectivity index (χ4v) is 1.80. The maximum Gasteiger partial charge on any atom is 0.249 e. The summed E-state index contributed by atoms with van der Waals surface area (Å²) in [6.45, 7) is 1.39. The molecule has 1 unspecified atom stereocenters. The van der Waals surface area contributed by atoms with Gasteiger partial charge in [-0.3, -0.25) is 4.79 Å². The SMILES string of the molecule is O=C(NCCCc1ncc[nH]1)C1CCCO1. The third-order valence-corrected chi connectivity index (χ3v) is 2.67. The Bertz CT molecular complexity index is 318. The monoisotopic (exact) mass is 223 g/mol. The lowest BCUT2D eigenvalue weighted by Gasteiger charge is -2.09. The minimum absolute atomic E-state index is 0.0249. The Balaban J connectivity index is 1.59. The molecular weight excluding hydrogens is 206 g/mol. The van der Waals surface area contributed by atoms with Gasteiger partial charge in [-0.2, -0.15) is 0 Å². The summed E-state index contributed by atoms with van der Waals surface area (Å²) in [4.78, 5) is 18.7. The Kier molecular flexibility index (Phi) is 3.93. The van der Waals surface area contributed by atoms with Crippen LogP contribution >= 0.6 is 0 Å². The summed E-state index contributed by atoms with van der Waals surface area (Å²) >= 11 is 0. The molecule has 16 heavy (non-hydrogen) atoms. The van der Waals surface area contributed by atoms with Gasteiger partial charge in [-0.1, -0.05) is 0 Å². The predicted octanol–water partition coefficient (Wildman–Crippen LogP) is 0.637. The van der Waals surface area contributed by atoms with E-state index in [0.29, 0.717) is 13.2 Å². The second kappa shape index (κ2) is 5.65. The van der Waals surface area contributed by atoms with Crippen molar-refractivity contribution in [2.75, 3.05) is 13.2 Å². The molecule has 0 saturated carbocycles. The van der Waals surface area contributed by atoms with Crippen molar-refractivity contribution in [1.29, 1.82) is 0 Å². The van der Waals surface area contributed by atoms with Crippen LogP contribution in [0.4, 0.5) is 0 Å². The molecule has 2 N–H and O–H groups in total. The third kappa shape index (κ3) is 3.06. The maximum atomic E-state index is 11.5. The summed E-state index contributed by atoms with van der Waals surface area (Å²) in [5.41, 5.74) is 0. The van der Waals surface area contributed by atoms with Crippen LogP contribution in [-0.4, -0.2) is 35.1 Å². The minimum atomic E-state index is -0.219. The molecule has 1 aromatic heterocycles. The van der Waals surface area contributed by atoms with Crippen molar-refractivity contribution in [2.24, 2.45) is 0 Å². The zero-order valence-electron chi connectivity index (χ0n) is 9.24. The first-order valence-electron chi connectivity index (χ1n) is 5.74. The van der Waals surface area contributed by atoms with Gasteiger partial charge in [0.2, 0.25) is 5.91 Å². The van der Waals surface area contributed by atoms with E-state index in [-0.39, 0.29) is 12.0 Å². The average molecular weight is 223 g/mol. The van der Waals surface area contributed by atoms with Gasteiger partial charge >= 0.3 is 0 Å². The van der Waals surface area contributed by atoms with Crippen LogP contribution in [0.3, 0.4) is 0 Å². The Morgan fingerprint density at radius 2 is 2.62 bits per heavy atom. The smallest absolute Gasteiger partial charge is 0.249 e. The molecule has 88 valence electrons. The van der Waals surface area contributed by atoms with E-state index in [2.05, 4.69) is 15.3 Å². The maximum absolute atomic E-state index is 11.5. The fourth-order valence-electron chi connectivity index (χ4n) is 1.80. The summed E-state index contributed by atoms with van der Waals surface area (Å²) in [6.07, 6.45) is 6.92. The van der Waals surface area contributed by atoms with Gasteiger partial charge in [0.1, 0.15) is 11.9 Å². The number of amides is 1.